The Hall–Kier alpha value is -1.98. The zero-order valence-electron chi connectivity index (χ0n) is 9.63. The predicted octanol–water partition coefficient (Wildman–Crippen LogP) is 3.60. The van der Waals surface area contributed by atoms with Gasteiger partial charge in [-0.2, -0.15) is 0 Å². The third-order valence-electron chi connectivity index (χ3n) is 2.58. The molecule has 19 heavy (non-hydrogen) atoms. The number of pyridine rings is 1. The highest BCUT2D eigenvalue weighted by Gasteiger charge is 2.12. The largest absolute Gasteiger partial charge is 0.296 e. The number of benzene rings is 1. The maximum atomic E-state index is 12.0. The highest BCUT2D eigenvalue weighted by molar-refractivity contribution is 7.13. The number of carbonyl (C=O) groups is 1. The number of aromatic nitrogens is 2. The molecule has 3 rings (SSSR count). The first-order valence-electron chi connectivity index (χ1n) is 5.50. The minimum Gasteiger partial charge on any atom is -0.296 e. The number of fused-ring (bicyclic) bond motifs is 1. The molecule has 94 valence electrons. The lowest BCUT2D eigenvalue weighted by molar-refractivity contribution is 0.102. The molecule has 0 spiro atoms. The molecule has 0 radical (unpaired) electrons. The minimum atomic E-state index is -0.317. The second kappa shape index (κ2) is 4.95. The normalized spacial score (nSPS) is 10.6. The van der Waals surface area contributed by atoms with Crippen LogP contribution in [0, 0.1) is 0 Å². The van der Waals surface area contributed by atoms with Crippen LogP contribution in [0.4, 0.5) is 5.13 Å². The molecule has 1 aromatic carbocycles. The molecule has 2 aromatic heterocycles. The Morgan fingerprint density at radius 2 is 2.16 bits per heavy atom. The van der Waals surface area contributed by atoms with Crippen LogP contribution in [-0.2, 0) is 0 Å². The number of nitrogens with one attached hydrogen (secondary N) is 1. The summed E-state index contributed by atoms with van der Waals surface area (Å²) in [5.41, 5.74) is 0.277. The van der Waals surface area contributed by atoms with Crippen molar-refractivity contribution in [3.8, 4) is 0 Å². The standard InChI is InChI=1S/C13H8ClN3OS/c14-11-9-4-2-1-3-8(9)7-10(16-11)12(18)17-13-15-5-6-19-13/h1-7H,(H,15,17,18). The molecule has 0 fully saturated rings. The Labute approximate surface area is 118 Å². The lowest BCUT2D eigenvalue weighted by Crippen LogP contribution is -2.13. The molecule has 1 amide bonds. The van der Waals surface area contributed by atoms with E-state index in [0.717, 1.165) is 10.8 Å². The topological polar surface area (TPSA) is 54.9 Å². The Morgan fingerprint density at radius 1 is 1.32 bits per heavy atom. The number of anilines is 1. The van der Waals surface area contributed by atoms with Gasteiger partial charge in [-0.3, -0.25) is 10.1 Å². The van der Waals surface area contributed by atoms with E-state index < -0.39 is 0 Å². The summed E-state index contributed by atoms with van der Waals surface area (Å²) in [7, 11) is 0. The summed E-state index contributed by atoms with van der Waals surface area (Å²) >= 11 is 7.43. The Kier molecular flexibility index (Phi) is 3.15. The average Bonchev–Trinajstić information content (AvgIpc) is 2.91. The quantitative estimate of drug-likeness (QED) is 0.733. The smallest absolute Gasteiger partial charge is 0.276 e. The van der Waals surface area contributed by atoms with Gasteiger partial charge >= 0.3 is 0 Å². The van der Waals surface area contributed by atoms with Gasteiger partial charge in [-0.15, -0.1) is 11.3 Å². The van der Waals surface area contributed by atoms with E-state index in [1.54, 1.807) is 17.6 Å². The molecule has 2 heterocycles. The molecule has 4 nitrogen and oxygen atoms in total. The number of amides is 1. The molecule has 0 atom stereocenters. The van der Waals surface area contributed by atoms with Crippen LogP contribution in [0.2, 0.25) is 5.15 Å². The highest BCUT2D eigenvalue weighted by atomic mass is 35.5. The molecular formula is C13H8ClN3OS. The van der Waals surface area contributed by atoms with E-state index in [9.17, 15) is 4.79 Å². The van der Waals surface area contributed by atoms with Crippen molar-refractivity contribution < 1.29 is 4.79 Å². The van der Waals surface area contributed by atoms with Crippen LogP contribution in [0.25, 0.3) is 10.8 Å². The van der Waals surface area contributed by atoms with Crippen molar-refractivity contribution in [1.82, 2.24) is 9.97 Å². The Balaban J connectivity index is 1.98. The molecule has 0 saturated heterocycles. The maximum absolute atomic E-state index is 12.0. The third kappa shape index (κ3) is 2.43. The van der Waals surface area contributed by atoms with Crippen molar-refractivity contribution in [3.63, 3.8) is 0 Å². The van der Waals surface area contributed by atoms with E-state index in [0.29, 0.717) is 10.3 Å². The molecular weight excluding hydrogens is 282 g/mol. The first-order chi connectivity index (χ1) is 9.24. The van der Waals surface area contributed by atoms with E-state index in [2.05, 4.69) is 15.3 Å². The maximum Gasteiger partial charge on any atom is 0.276 e. The lowest BCUT2D eigenvalue weighted by atomic mass is 10.1. The van der Waals surface area contributed by atoms with E-state index in [-0.39, 0.29) is 11.6 Å². The summed E-state index contributed by atoms with van der Waals surface area (Å²) in [5, 5.41) is 7.04. The number of rotatable bonds is 2. The summed E-state index contributed by atoms with van der Waals surface area (Å²) in [4.78, 5) is 20.1. The summed E-state index contributed by atoms with van der Waals surface area (Å²) in [5.74, 6) is -0.317. The van der Waals surface area contributed by atoms with Gasteiger partial charge in [0.2, 0.25) is 0 Å². The van der Waals surface area contributed by atoms with E-state index in [1.165, 1.54) is 11.3 Å². The number of carbonyl (C=O) groups excluding carboxylic acids is 1. The van der Waals surface area contributed by atoms with Gasteiger partial charge in [0.25, 0.3) is 5.91 Å². The number of hydrogen-bond acceptors (Lipinski definition) is 4. The van der Waals surface area contributed by atoms with Gasteiger partial charge in [0.1, 0.15) is 10.8 Å². The second-order valence-corrected chi connectivity index (χ2v) is 5.06. The van der Waals surface area contributed by atoms with Gasteiger partial charge < -0.3 is 0 Å². The zero-order chi connectivity index (χ0) is 13.2. The molecule has 0 bridgehead atoms. The number of halogens is 1. The molecule has 0 saturated carbocycles. The summed E-state index contributed by atoms with van der Waals surface area (Å²) in [6.45, 7) is 0. The van der Waals surface area contributed by atoms with Crippen LogP contribution >= 0.6 is 22.9 Å². The fraction of sp³-hybridized carbons (Fsp3) is 0. The van der Waals surface area contributed by atoms with E-state index >= 15 is 0 Å². The predicted molar refractivity (Wildman–Crippen MR) is 76.8 cm³/mol. The molecule has 6 heteroatoms. The van der Waals surface area contributed by atoms with Crippen molar-refractivity contribution >= 4 is 44.7 Å². The molecule has 0 aliphatic rings. The Bertz CT molecular complexity index is 743. The molecule has 0 aliphatic carbocycles. The summed E-state index contributed by atoms with van der Waals surface area (Å²) in [6, 6.07) is 9.24. The van der Waals surface area contributed by atoms with Gasteiger partial charge in [-0.05, 0) is 11.5 Å². The van der Waals surface area contributed by atoms with Crippen LogP contribution in [-0.4, -0.2) is 15.9 Å². The van der Waals surface area contributed by atoms with Crippen molar-refractivity contribution in [2.75, 3.05) is 5.32 Å². The Morgan fingerprint density at radius 3 is 2.95 bits per heavy atom. The second-order valence-electron chi connectivity index (χ2n) is 3.81. The van der Waals surface area contributed by atoms with Gasteiger partial charge in [0, 0.05) is 17.0 Å². The molecule has 1 N–H and O–H groups in total. The first kappa shape index (κ1) is 12.1. The van der Waals surface area contributed by atoms with Gasteiger partial charge in [0.05, 0.1) is 0 Å². The SMILES string of the molecule is O=C(Nc1nccs1)c1cc2ccccc2c(Cl)n1. The minimum absolute atomic E-state index is 0.277. The van der Waals surface area contributed by atoms with Crippen LogP contribution in [0.1, 0.15) is 10.5 Å². The van der Waals surface area contributed by atoms with Crippen LogP contribution < -0.4 is 5.32 Å². The zero-order valence-corrected chi connectivity index (χ0v) is 11.2. The van der Waals surface area contributed by atoms with Gasteiger partial charge in [-0.1, -0.05) is 35.9 Å². The van der Waals surface area contributed by atoms with Crippen molar-refractivity contribution in [2.45, 2.75) is 0 Å². The first-order valence-corrected chi connectivity index (χ1v) is 6.76. The average molecular weight is 290 g/mol. The molecule has 3 aromatic rings. The van der Waals surface area contributed by atoms with Gasteiger partial charge in [0.15, 0.2) is 5.13 Å². The van der Waals surface area contributed by atoms with Gasteiger partial charge in [-0.25, -0.2) is 9.97 Å². The van der Waals surface area contributed by atoms with E-state index in [1.807, 2.05) is 24.3 Å². The third-order valence-corrected chi connectivity index (χ3v) is 3.56. The fourth-order valence-electron chi connectivity index (χ4n) is 1.72. The van der Waals surface area contributed by atoms with Crippen LogP contribution in [0.5, 0.6) is 0 Å². The monoisotopic (exact) mass is 289 g/mol. The summed E-state index contributed by atoms with van der Waals surface area (Å²) < 4.78 is 0. The van der Waals surface area contributed by atoms with Crippen LogP contribution in [0.15, 0.2) is 41.9 Å². The number of nitrogens with zero attached hydrogens (tertiary/aromatic N) is 2. The molecule has 0 aliphatic heterocycles. The fourth-order valence-corrected chi connectivity index (χ4v) is 2.51. The van der Waals surface area contributed by atoms with E-state index in [4.69, 9.17) is 11.6 Å². The highest BCUT2D eigenvalue weighted by Crippen LogP contribution is 2.22. The van der Waals surface area contributed by atoms with Crippen molar-refractivity contribution in [1.29, 1.82) is 0 Å². The van der Waals surface area contributed by atoms with Crippen molar-refractivity contribution in [3.05, 3.63) is 52.8 Å². The summed E-state index contributed by atoms with van der Waals surface area (Å²) in [6.07, 6.45) is 1.63. The van der Waals surface area contributed by atoms with Crippen LogP contribution in [0.3, 0.4) is 0 Å². The lowest BCUT2D eigenvalue weighted by Gasteiger charge is -2.04. The van der Waals surface area contributed by atoms with Crippen molar-refractivity contribution in [2.24, 2.45) is 0 Å². The number of thiazole rings is 1. The number of hydrogen-bond donors (Lipinski definition) is 1. The molecule has 0 unspecified atom stereocenters.